The third-order valence-electron chi connectivity index (χ3n) is 5.57. The predicted octanol–water partition coefficient (Wildman–Crippen LogP) is 2.45. The summed E-state index contributed by atoms with van der Waals surface area (Å²) in [6, 6.07) is 8.57. The van der Waals surface area contributed by atoms with Crippen LogP contribution in [0, 0.1) is 0 Å². The highest BCUT2D eigenvalue weighted by Gasteiger charge is 2.40. The summed E-state index contributed by atoms with van der Waals surface area (Å²) in [5.41, 5.74) is 3.01. The maximum atomic E-state index is 12.3. The Morgan fingerprint density at radius 1 is 1.27 bits per heavy atom. The molecule has 4 heteroatoms. The van der Waals surface area contributed by atoms with Gasteiger partial charge in [0, 0.05) is 31.6 Å². The maximum absolute atomic E-state index is 12.3. The lowest BCUT2D eigenvalue weighted by Gasteiger charge is -2.49. The second-order valence-electron chi connectivity index (χ2n) is 7.11. The minimum absolute atomic E-state index is 0.0532. The van der Waals surface area contributed by atoms with E-state index >= 15 is 0 Å². The molecule has 4 nitrogen and oxygen atoms in total. The van der Waals surface area contributed by atoms with Crippen LogP contribution in [-0.2, 0) is 6.42 Å². The van der Waals surface area contributed by atoms with Gasteiger partial charge < -0.3 is 15.1 Å². The molecule has 120 valence electrons. The Morgan fingerprint density at radius 3 is 2.59 bits per heavy atom. The van der Waals surface area contributed by atoms with Gasteiger partial charge >= 0.3 is 6.03 Å². The van der Waals surface area contributed by atoms with Crippen LogP contribution >= 0.6 is 0 Å². The first-order valence-electron chi connectivity index (χ1n) is 8.26. The molecule has 2 amide bonds. The molecule has 0 aliphatic heterocycles. The Morgan fingerprint density at radius 2 is 2.00 bits per heavy atom. The molecule has 3 rings (SSSR count). The maximum Gasteiger partial charge on any atom is 0.317 e. The number of carbonyl (C=O) groups excluding carboxylic acids is 1. The first kappa shape index (κ1) is 15.3. The van der Waals surface area contributed by atoms with E-state index in [1.54, 1.807) is 0 Å². The van der Waals surface area contributed by atoms with E-state index in [-0.39, 0.29) is 11.6 Å². The fourth-order valence-corrected chi connectivity index (χ4v) is 3.74. The summed E-state index contributed by atoms with van der Waals surface area (Å²) in [6.45, 7) is 1.56. The Hall–Kier alpha value is -1.55. The molecular formula is C18H27N3O. The van der Waals surface area contributed by atoms with Crippen molar-refractivity contribution in [3.05, 3.63) is 35.4 Å². The van der Waals surface area contributed by atoms with Gasteiger partial charge in [0.25, 0.3) is 0 Å². The van der Waals surface area contributed by atoms with Crippen LogP contribution in [0.2, 0.25) is 0 Å². The normalized spacial score (nSPS) is 21.5. The number of carbonyl (C=O) groups is 1. The Bertz CT molecular complexity index is 551. The molecule has 0 bridgehead atoms. The van der Waals surface area contributed by atoms with E-state index in [0.717, 1.165) is 19.5 Å². The highest BCUT2D eigenvalue weighted by atomic mass is 16.2. The number of hydrogen-bond donors (Lipinski definition) is 1. The number of fused-ring (bicyclic) bond motifs is 1. The van der Waals surface area contributed by atoms with Crippen LogP contribution in [0.15, 0.2) is 24.3 Å². The fourth-order valence-electron chi connectivity index (χ4n) is 3.74. The number of nitrogens with zero attached hydrogens (tertiary/aromatic N) is 2. The topological polar surface area (TPSA) is 35.6 Å². The molecule has 0 heterocycles. The molecule has 1 unspecified atom stereocenters. The summed E-state index contributed by atoms with van der Waals surface area (Å²) in [5.74, 6) is 0.486. The number of benzene rings is 1. The first-order valence-corrected chi connectivity index (χ1v) is 8.26. The van der Waals surface area contributed by atoms with E-state index in [1.807, 2.05) is 11.9 Å². The van der Waals surface area contributed by atoms with Gasteiger partial charge in [-0.05, 0) is 50.9 Å². The van der Waals surface area contributed by atoms with E-state index in [9.17, 15) is 4.79 Å². The average Bonchev–Trinajstić information content (AvgIpc) is 2.42. The molecule has 0 saturated heterocycles. The van der Waals surface area contributed by atoms with Crippen molar-refractivity contribution in [2.24, 2.45) is 0 Å². The first-order chi connectivity index (χ1) is 10.5. The summed E-state index contributed by atoms with van der Waals surface area (Å²) < 4.78 is 0. The molecule has 1 N–H and O–H groups in total. The van der Waals surface area contributed by atoms with Crippen molar-refractivity contribution in [1.82, 2.24) is 15.1 Å². The number of urea groups is 1. The van der Waals surface area contributed by atoms with E-state index < -0.39 is 0 Å². The van der Waals surface area contributed by atoms with Crippen molar-refractivity contribution >= 4 is 6.03 Å². The molecule has 1 atom stereocenters. The third-order valence-corrected chi connectivity index (χ3v) is 5.57. The van der Waals surface area contributed by atoms with E-state index in [0.29, 0.717) is 5.92 Å². The molecular weight excluding hydrogens is 274 g/mol. The summed E-state index contributed by atoms with van der Waals surface area (Å²) in [5, 5.41) is 3.10. The van der Waals surface area contributed by atoms with Crippen LogP contribution in [-0.4, -0.2) is 55.6 Å². The summed E-state index contributed by atoms with van der Waals surface area (Å²) >= 11 is 0. The quantitative estimate of drug-likeness (QED) is 0.907. The van der Waals surface area contributed by atoms with Crippen molar-refractivity contribution in [2.75, 3.05) is 34.2 Å². The number of nitrogens with one attached hydrogen (secondary N) is 1. The van der Waals surface area contributed by atoms with Crippen LogP contribution < -0.4 is 5.32 Å². The molecule has 1 aromatic carbocycles. The van der Waals surface area contributed by atoms with Gasteiger partial charge in [-0.3, -0.25) is 0 Å². The summed E-state index contributed by atoms with van der Waals surface area (Å²) in [6.07, 6.45) is 4.73. The van der Waals surface area contributed by atoms with Crippen molar-refractivity contribution in [1.29, 1.82) is 0 Å². The molecule has 1 saturated carbocycles. The number of amides is 2. The van der Waals surface area contributed by atoms with E-state index in [2.05, 4.69) is 48.6 Å². The van der Waals surface area contributed by atoms with Crippen molar-refractivity contribution in [3.8, 4) is 0 Å². The molecule has 0 spiro atoms. The monoisotopic (exact) mass is 301 g/mol. The van der Waals surface area contributed by atoms with Gasteiger partial charge in [0.1, 0.15) is 0 Å². The zero-order valence-electron chi connectivity index (χ0n) is 13.9. The van der Waals surface area contributed by atoms with Crippen LogP contribution in [0.3, 0.4) is 0 Å². The van der Waals surface area contributed by atoms with Gasteiger partial charge in [0.2, 0.25) is 0 Å². The predicted molar refractivity (Wildman–Crippen MR) is 89.2 cm³/mol. The van der Waals surface area contributed by atoms with Gasteiger partial charge in [-0.1, -0.05) is 24.3 Å². The van der Waals surface area contributed by atoms with Crippen molar-refractivity contribution < 1.29 is 4.79 Å². The standard InChI is InChI=1S/C18H27N3O/c1-20(2)18(9-6-10-18)13-21(3)17(22)19-12-15-11-14-7-4-5-8-16(14)15/h4-5,7-8,15H,6,9-13H2,1-3H3,(H,19,22). The lowest BCUT2D eigenvalue weighted by molar-refractivity contribution is 0.0363. The molecule has 2 aliphatic rings. The van der Waals surface area contributed by atoms with Gasteiger partial charge in [-0.15, -0.1) is 0 Å². The molecule has 2 aliphatic carbocycles. The van der Waals surface area contributed by atoms with Crippen molar-refractivity contribution in [3.63, 3.8) is 0 Å². The molecule has 1 aromatic rings. The highest BCUT2D eigenvalue weighted by molar-refractivity contribution is 5.74. The summed E-state index contributed by atoms with van der Waals surface area (Å²) in [7, 11) is 6.15. The zero-order chi connectivity index (χ0) is 15.7. The number of hydrogen-bond acceptors (Lipinski definition) is 2. The highest BCUT2D eigenvalue weighted by Crippen LogP contribution is 2.37. The molecule has 0 aromatic heterocycles. The Balaban J connectivity index is 1.48. The van der Waals surface area contributed by atoms with Gasteiger partial charge in [-0.2, -0.15) is 0 Å². The van der Waals surface area contributed by atoms with Crippen LogP contribution in [0.1, 0.15) is 36.3 Å². The third kappa shape index (κ3) is 2.72. The zero-order valence-corrected chi connectivity index (χ0v) is 13.9. The number of likely N-dealkylation sites (N-methyl/N-ethyl adjacent to an activating group) is 2. The lowest BCUT2D eigenvalue weighted by atomic mass is 9.75. The van der Waals surface area contributed by atoms with Crippen LogP contribution in [0.25, 0.3) is 0 Å². The SMILES string of the molecule is CN(CC1(N(C)C)CCC1)C(=O)NCC1Cc2ccccc21. The van der Waals surface area contributed by atoms with Crippen molar-refractivity contribution in [2.45, 2.75) is 37.1 Å². The van der Waals surface area contributed by atoms with Crippen LogP contribution in [0.4, 0.5) is 4.79 Å². The minimum atomic E-state index is 0.0532. The second-order valence-corrected chi connectivity index (χ2v) is 7.11. The minimum Gasteiger partial charge on any atom is -0.337 e. The van der Waals surface area contributed by atoms with Gasteiger partial charge in [-0.25, -0.2) is 4.79 Å². The van der Waals surface area contributed by atoms with E-state index in [4.69, 9.17) is 0 Å². The Kier molecular flexibility index (Phi) is 4.13. The molecule has 0 radical (unpaired) electrons. The Labute approximate surface area is 133 Å². The van der Waals surface area contributed by atoms with Gasteiger partial charge in [0.05, 0.1) is 0 Å². The second kappa shape index (κ2) is 5.92. The smallest absolute Gasteiger partial charge is 0.317 e. The lowest BCUT2D eigenvalue weighted by Crippen LogP contribution is -2.58. The largest absolute Gasteiger partial charge is 0.337 e. The molecule has 1 fully saturated rings. The van der Waals surface area contributed by atoms with Crippen LogP contribution in [0.5, 0.6) is 0 Å². The summed E-state index contributed by atoms with van der Waals surface area (Å²) in [4.78, 5) is 16.5. The fraction of sp³-hybridized carbons (Fsp3) is 0.611. The number of rotatable bonds is 5. The van der Waals surface area contributed by atoms with E-state index in [1.165, 1.54) is 30.4 Å². The van der Waals surface area contributed by atoms with Gasteiger partial charge in [0.15, 0.2) is 0 Å². The average molecular weight is 301 g/mol. The molecule has 22 heavy (non-hydrogen) atoms.